The fraction of sp³-hybridized carbons (Fsp3) is 0.412. The molecule has 23 heavy (non-hydrogen) atoms. The van der Waals surface area contributed by atoms with Gasteiger partial charge in [0.1, 0.15) is 12.4 Å². The van der Waals surface area contributed by atoms with Gasteiger partial charge in [0.25, 0.3) is 0 Å². The highest BCUT2D eigenvalue weighted by Crippen LogP contribution is 2.43. The monoisotopic (exact) mass is 316 g/mol. The van der Waals surface area contributed by atoms with Crippen LogP contribution in [0, 0.1) is 23.6 Å². The van der Waals surface area contributed by atoms with Crippen molar-refractivity contribution in [2.45, 2.75) is 12.8 Å². The van der Waals surface area contributed by atoms with Gasteiger partial charge in [-0.15, -0.1) is 0 Å². The smallest absolute Gasteiger partial charge is 0.414 e. The van der Waals surface area contributed by atoms with E-state index in [-0.39, 0.29) is 23.4 Å². The molecule has 3 atom stereocenters. The number of fused-ring (bicyclic) bond motifs is 2. The fourth-order valence-corrected chi connectivity index (χ4v) is 3.71. The second kappa shape index (κ2) is 5.37. The molecule has 3 aliphatic rings. The Balaban J connectivity index is 1.53. The van der Waals surface area contributed by atoms with E-state index in [2.05, 4.69) is 17.5 Å². The molecule has 6 heteroatoms. The van der Waals surface area contributed by atoms with Gasteiger partial charge in [-0.3, -0.25) is 9.69 Å². The first kappa shape index (κ1) is 14.2. The fourth-order valence-electron chi connectivity index (χ4n) is 3.71. The number of benzene rings is 1. The lowest BCUT2D eigenvalue weighted by molar-refractivity contribution is -0.120. The first-order valence-electron chi connectivity index (χ1n) is 7.85. The predicted molar refractivity (Wildman–Crippen MR) is 82.6 cm³/mol. The van der Waals surface area contributed by atoms with Gasteiger partial charge < -0.3 is 10.1 Å². The normalized spacial score (nSPS) is 28.3. The quantitative estimate of drug-likeness (QED) is 0.872. The van der Waals surface area contributed by atoms with E-state index in [1.807, 2.05) is 0 Å². The van der Waals surface area contributed by atoms with Crippen molar-refractivity contribution in [3.05, 3.63) is 36.2 Å². The second-order valence-electron chi connectivity index (χ2n) is 6.31. The Bertz CT molecular complexity index is 703. The summed E-state index contributed by atoms with van der Waals surface area (Å²) < 4.78 is 18.9. The minimum absolute atomic E-state index is 0.0928. The molecule has 0 aromatic heterocycles. The molecule has 5 nitrogen and oxygen atoms in total. The Hall–Kier alpha value is -2.37. The standard InChI is InChI=1S/C17H17FN2O3/c18-14-4-3-12(20-5-6-23-17(20)22)9-15(14)19-16(21)13-8-10-1-2-11(13)7-10/h1-4,9-11,13H,5-8H2,(H,19,21)/t10-,11-,13+/m0/s1. The number of nitrogens with one attached hydrogen (secondary N) is 1. The topological polar surface area (TPSA) is 58.6 Å². The molecule has 2 bridgehead atoms. The zero-order chi connectivity index (χ0) is 16.0. The van der Waals surface area contributed by atoms with Crippen LogP contribution in [0.1, 0.15) is 12.8 Å². The maximum absolute atomic E-state index is 14.0. The van der Waals surface area contributed by atoms with E-state index in [1.165, 1.54) is 23.1 Å². The number of nitrogens with zero attached hydrogens (tertiary/aromatic N) is 1. The third-order valence-electron chi connectivity index (χ3n) is 4.90. The molecule has 2 aliphatic carbocycles. The minimum Gasteiger partial charge on any atom is -0.447 e. The summed E-state index contributed by atoms with van der Waals surface area (Å²) in [5, 5.41) is 2.69. The largest absolute Gasteiger partial charge is 0.447 e. The lowest BCUT2D eigenvalue weighted by Crippen LogP contribution is -2.27. The molecule has 0 radical (unpaired) electrons. The number of hydrogen-bond acceptors (Lipinski definition) is 3. The molecule has 0 spiro atoms. The molecule has 120 valence electrons. The van der Waals surface area contributed by atoms with Crippen LogP contribution in [0.15, 0.2) is 30.4 Å². The first-order valence-corrected chi connectivity index (χ1v) is 7.85. The van der Waals surface area contributed by atoms with E-state index < -0.39 is 11.9 Å². The Morgan fingerprint density at radius 3 is 2.83 bits per heavy atom. The highest BCUT2D eigenvalue weighted by Gasteiger charge is 2.40. The average Bonchev–Trinajstić information content (AvgIpc) is 3.26. The summed E-state index contributed by atoms with van der Waals surface area (Å²) in [6.45, 7) is 0.740. The van der Waals surface area contributed by atoms with E-state index in [0.29, 0.717) is 24.8 Å². The number of hydrogen-bond donors (Lipinski definition) is 1. The Labute approximate surface area is 133 Å². The Morgan fingerprint density at radius 1 is 1.30 bits per heavy atom. The number of allylic oxidation sites excluding steroid dienone is 2. The molecule has 2 amide bonds. The number of halogens is 1. The molecule has 1 aromatic rings. The van der Waals surface area contributed by atoms with Gasteiger partial charge >= 0.3 is 6.09 Å². The molecule has 1 N–H and O–H groups in total. The molecule has 0 unspecified atom stereocenters. The van der Waals surface area contributed by atoms with Gasteiger partial charge in [0.2, 0.25) is 5.91 Å². The van der Waals surface area contributed by atoms with Crippen LogP contribution in [-0.2, 0) is 9.53 Å². The zero-order valence-corrected chi connectivity index (χ0v) is 12.5. The number of rotatable bonds is 3. The molecule has 1 aliphatic heterocycles. The van der Waals surface area contributed by atoms with Crippen LogP contribution < -0.4 is 10.2 Å². The molecule has 1 aromatic carbocycles. The van der Waals surface area contributed by atoms with Crippen LogP contribution in [0.2, 0.25) is 0 Å². The molecular weight excluding hydrogens is 299 g/mol. The van der Waals surface area contributed by atoms with Crippen molar-refractivity contribution in [1.82, 2.24) is 0 Å². The molecular formula is C17H17FN2O3. The van der Waals surface area contributed by atoms with Crippen molar-refractivity contribution in [3.63, 3.8) is 0 Å². The SMILES string of the molecule is O=C(Nc1cc(N2CCOC2=O)ccc1F)[C@@H]1C[C@H]2C=C[C@H]1C2. The molecule has 4 rings (SSSR count). The van der Waals surface area contributed by atoms with E-state index in [4.69, 9.17) is 4.74 Å². The van der Waals surface area contributed by atoms with Crippen LogP contribution in [0.25, 0.3) is 0 Å². The van der Waals surface area contributed by atoms with Crippen LogP contribution in [0.4, 0.5) is 20.6 Å². The maximum atomic E-state index is 14.0. The minimum atomic E-state index is -0.506. The third kappa shape index (κ3) is 2.48. The van der Waals surface area contributed by atoms with Crippen molar-refractivity contribution in [3.8, 4) is 0 Å². The molecule has 2 fully saturated rings. The Morgan fingerprint density at radius 2 is 2.17 bits per heavy atom. The molecule has 1 saturated carbocycles. The second-order valence-corrected chi connectivity index (χ2v) is 6.31. The van der Waals surface area contributed by atoms with Gasteiger partial charge in [0.15, 0.2) is 0 Å². The van der Waals surface area contributed by atoms with Crippen LogP contribution in [-0.4, -0.2) is 25.2 Å². The van der Waals surface area contributed by atoms with Crippen LogP contribution >= 0.6 is 0 Å². The van der Waals surface area contributed by atoms with Crippen molar-refractivity contribution in [2.24, 2.45) is 17.8 Å². The lowest BCUT2D eigenvalue weighted by atomic mass is 9.93. The maximum Gasteiger partial charge on any atom is 0.414 e. The van der Waals surface area contributed by atoms with Crippen molar-refractivity contribution in [2.75, 3.05) is 23.4 Å². The number of cyclic esters (lactones) is 1. The van der Waals surface area contributed by atoms with E-state index in [1.54, 1.807) is 0 Å². The predicted octanol–water partition coefficient (Wildman–Crippen LogP) is 2.93. The summed E-state index contributed by atoms with van der Waals surface area (Å²) in [4.78, 5) is 25.5. The molecule has 1 saturated heterocycles. The summed E-state index contributed by atoms with van der Waals surface area (Å²) in [5.41, 5.74) is 0.635. The number of ether oxygens (including phenoxy) is 1. The average molecular weight is 316 g/mol. The van der Waals surface area contributed by atoms with Crippen LogP contribution in [0.3, 0.4) is 0 Å². The van der Waals surface area contributed by atoms with Gasteiger partial charge in [0.05, 0.1) is 12.2 Å². The van der Waals surface area contributed by atoms with Crippen molar-refractivity contribution < 1.29 is 18.7 Å². The summed E-state index contributed by atoms with van der Waals surface area (Å²) in [6, 6.07) is 4.26. The summed E-state index contributed by atoms with van der Waals surface area (Å²) in [7, 11) is 0. The zero-order valence-electron chi connectivity index (χ0n) is 12.5. The Kier molecular flexibility index (Phi) is 3.32. The molecule has 1 heterocycles. The number of carbonyl (C=O) groups is 2. The summed E-state index contributed by atoms with van der Waals surface area (Å²) in [5.74, 6) is -0.00817. The van der Waals surface area contributed by atoms with Gasteiger partial charge in [-0.1, -0.05) is 12.2 Å². The van der Waals surface area contributed by atoms with Gasteiger partial charge in [0, 0.05) is 11.6 Å². The number of carbonyl (C=O) groups excluding carboxylic acids is 2. The van der Waals surface area contributed by atoms with Crippen molar-refractivity contribution in [1.29, 1.82) is 0 Å². The first-order chi connectivity index (χ1) is 11.1. The van der Waals surface area contributed by atoms with Gasteiger partial charge in [-0.2, -0.15) is 0 Å². The van der Waals surface area contributed by atoms with Gasteiger partial charge in [-0.25, -0.2) is 9.18 Å². The number of amides is 2. The summed E-state index contributed by atoms with van der Waals surface area (Å²) >= 11 is 0. The van der Waals surface area contributed by atoms with Crippen molar-refractivity contribution >= 4 is 23.4 Å². The lowest BCUT2D eigenvalue weighted by Gasteiger charge is -2.19. The van der Waals surface area contributed by atoms with Gasteiger partial charge in [-0.05, 0) is 42.9 Å². The van der Waals surface area contributed by atoms with E-state index >= 15 is 0 Å². The summed E-state index contributed by atoms with van der Waals surface area (Å²) in [6.07, 6.45) is 5.64. The number of anilines is 2. The van der Waals surface area contributed by atoms with E-state index in [9.17, 15) is 14.0 Å². The van der Waals surface area contributed by atoms with Crippen LogP contribution in [0.5, 0.6) is 0 Å². The highest BCUT2D eigenvalue weighted by molar-refractivity contribution is 5.95. The van der Waals surface area contributed by atoms with E-state index in [0.717, 1.165) is 12.8 Å². The highest BCUT2D eigenvalue weighted by atomic mass is 19.1. The third-order valence-corrected chi connectivity index (χ3v) is 4.90.